The average Bonchev–Trinajstić information content (AvgIpc) is 2.70. The molecule has 3 nitrogen and oxygen atoms in total. The smallest absolute Gasteiger partial charge is 0.0994 e. The van der Waals surface area contributed by atoms with E-state index in [2.05, 4.69) is 40.0 Å². The van der Waals surface area contributed by atoms with E-state index in [9.17, 15) is 0 Å². The maximum atomic E-state index is 5.91. The Labute approximate surface area is 103 Å². The van der Waals surface area contributed by atoms with Crippen LogP contribution in [0.4, 0.5) is 0 Å². The lowest BCUT2D eigenvalue weighted by molar-refractivity contribution is 0.751. The first-order valence-electron chi connectivity index (χ1n) is 5.14. The molecular weight excluding hydrogens is 266 g/mol. The van der Waals surface area contributed by atoms with Crippen molar-refractivity contribution in [3.8, 4) is 5.69 Å². The summed E-state index contributed by atoms with van der Waals surface area (Å²) in [4.78, 5) is 4.16. The summed E-state index contributed by atoms with van der Waals surface area (Å²) in [6.07, 6.45) is 3.61. The van der Waals surface area contributed by atoms with E-state index in [0.717, 1.165) is 15.9 Å². The number of nitrogens with zero attached hydrogens (tertiary/aromatic N) is 2. The fourth-order valence-corrected chi connectivity index (χ4v) is 2.03. The van der Waals surface area contributed by atoms with Crippen LogP contribution in [0.15, 0.2) is 35.2 Å². The highest BCUT2D eigenvalue weighted by molar-refractivity contribution is 9.10. The van der Waals surface area contributed by atoms with Gasteiger partial charge in [-0.15, -0.1) is 0 Å². The average molecular weight is 280 g/mol. The molecule has 1 atom stereocenters. The second-order valence-electron chi connectivity index (χ2n) is 3.91. The molecule has 0 aliphatic heterocycles. The highest BCUT2D eigenvalue weighted by atomic mass is 79.9. The minimum atomic E-state index is -0.0270. The van der Waals surface area contributed by atoms with Crippen LogP contribution in [0, 0.1) is 6.92 Å². The van der Waals surface area contributed by atoms with Crippen molar-refractivity contribution in [2.75, 3.05) is 0 Å². The highest BCUT2D eigenvalue weighted by Gasteiger charge is 2.10. The molecule has 0 aliphatic rings. The third-order valence-corrected chi connectivity index (χ3v) is 3.06. The van der Waals surface area contributed by atoms with Crippen molar-refractivity contribution in [2.24, 2.45) is 5.73 Å². The minimum Gasteiger partial charge on any atom is -0.323 e. The number of imidazole rings is 1. The summed E-state index contributed by atoms with van der Waals surface area (Å²) in [5.41, 5.74) is 9.23. The lowest BCUT2D eigenvalue weighted by Gasteiger charge is -2.13. The molecule has 1 aromatic carbocycles. The summed E-state index contributed by atoms with van der Waals surface area (Å²) < 4.78 is 3.09. The van der Waals surface area contributed by atoms with Crippen molar-refractivity contribution in [1.82, 2.24) is 9.55 Å². The van der Waals surface area contributed by atoms with E-state index in [1.165, 1.54) is 5.56 Å². The molecule has 2 aromatic rings. The fourth-order valence-electron chi connectivity index (χ4n) is 1.69. The maximum absolute atomic E-state index is 5.91. The van der Waals surface area contributed by atoms with Gasteiger partial charge in [0.2, 0.25) is 0 Å². The first-order chi connectivity index (χ1) is 7.59. The normalized spacial score (nSPS) is 12.8. The van der Waals surface area contributed by atoms with Gasteiger partial charge < -0.3 is 10.3 Å². The number of nitrogens with two attached hydrogens (primary N) is 1. The second-order valence-corrected chi connectivity index (χ2v) is 4.82. The van der Waals surface area contributed by atoms with Crippen LogP contribution in [0.25, 0.3) is 5.69 Å². The zero-order valence-electron chi connectivity index (χ0n) is 9.31. The molecule has 2 N–H and O–H groups in total. The van der Waals surface area contributed by atoms with Gasteiger partial charge in [0.05, 0.1) is 23.9 Å². The van der Waals surface area contributed by atoms with Crippen molar-refractivity contribution in [3.63, 3.8) is 0 Å². The van der Waals surface area contributed by atoms with Crippen molar-refractivity contribution in [2.45, 2.75) is 19.9 Å². The van der Waals surface area contributed by atoms with Gasteiger partial charge in [-0.1, -0.05) is 22.0 Å². The quantitative estimate of drug-likeness (QED) is 0.919. The SMILES string of the molecule is Cc1ccc(Br)cc1-n1cncc1C(C)N. The molecule has 2 rings (SSSR count). The van der Waals surface area contributed by atoms with E-state index in [-0.39, 0.29) is 6.04 Å². The van der Waals surface area contributed by atoms with E-state index in [1.807, 2.05) is 23.8 Å². The van der Waals surface area contributed by atoms with Crippen molar-refractivity contribution >= 4 is 15.9 Å². The van der Waals surface area contributed by atoms with Gasteiger partial charge in [0.1, 0.15) is 0 Å². The summed E-state index contributed by atoms with van der Waals surface area (Å²) in [6, 6.07) is 6.15. The van der Waals surface area contributed by atoms with Crippen LogP contribution in [-0.2, 0) is 0 Å². The molecule has 0 saturated carbocycles. The molecule has 1 unspecified atom stereocenters. The zero-order chi connectivity index (χ0) is 11.7. The van der Waals surface area contributed by atoms with Crippen LogP contribution < -0.4 is 5.73 Å². The van der Waals surface area contributed by atoms with Gasteiger partial charge in [0.25, 0.3) is 0 Å². The summed E-state index contributed by atoms with van der Waals surface area (Å²) in [6.45, 7) is 4.04. The summed E-state index contributed by atoms with van der Waals surface area (Å²) >= 11 is 3.48. The second kappa shape index (κ2) is 4.39. The van der Waals surface area contributed by atoms with Gasteiger partial charge in [0.15, 0.2) is 0 Å². The predicted octanol–water partition coefficient (Wildman–Crippen LogP) is 2.96. The van der Waals surface area contributed by atoms with Crippen LogP contribution in [-0.4, -0.2) is 9.55 Å². The van der Waals surface area contributed by atoms with Gasteiger partial charge in [0, 0.05) is 10.5 Å². The van der Waals surface area contributed by atoms with E-state index in [4.69, 9.17) is 5.73 Å². The Morgan fingerprint density at radius 1 is 1.44 bits per heavy atom. The molecule has 0 fully saturated rings. The van der Waals surface area contributed by atoms with Crippen molar-refractivity contribution in [3.05, 3.63) is 46.5 Å². The van der Waals surface area contributed by atoms with E-state index in [0.29, 0.717) is 0 Å². The Kier molecular flexibility index (Phi) is 3.12. The third-order valence-electron chi connectivity index (χ3n) is 2.56. The standard InChI is InChI=1S/C12H14BrN3/c1-8-3-4-10(13)5-11(8)16-7-15-6-12(16)9(2)14/h3-7,9H,14H2,1-2H3. The highest BCUT2D eigenvalue weighted by Crippen LogP contribution is 2.22. The van der Waals surface area contributed by atoms with Crippen LogP contribution in [0.2, 0.25) is 0 Å². The Bertz CT molecular complexity index is 503. The molecule has 0 aliphatic carbocycles. The molecule has 0 radical (unpaired) electrons. The van der Waals surface area contributed by atoms with E-state index >= 15 is 0 Å². The maximum Gasteiger partial charge on any atom is 0.0994 e. The number of hydrogen-bond donors (Lipinski definition) is 1. The van der Waals surface area contributed by atoms with Gasteiger partial charge in [-0.2, -0.15) is 0 Å². The fraction of sp³-hybridized carbons (Fsp3) is 0.250. The summed E-state index contributed by atoms with van der Waals surface area (Å²) in [7, 11) is 0. The molecule has 16 heavy (non-hydrogen) atoms. The molecule has 1 aromatic heterocycles. The molecular formula is C12H14BrN3. The molecule has 0 bridgehead atoms. The minimum absolute atomic E-state index is 0.0270. The van der Waals surface area contributed by atoms with E-state index in [1.54, 1.807) is 6.33 Å². The number of hydrogen-bond acceptors (Lipinski definition) is 2. The Balaban J connectivity index is 2.58. The van der Waals surface area contributed by atoms with Gasteiger partial charge in [-0.25, -0.2) is 4.98 Å². The van der Waals surface area contributed by atoms with Gasteiger partial charge in [-0.05, 0) is 31.5 Å². The van der Waals surface area contributed by atoms with Gasteiger partial charge >= 0.3 is 0 Å². The van der Waals surface area contributed by atoms with Crippen LogP contribution in [0.1, 0.15) is 24.2 Å². The van der Waals surface area contributed by atoms with Gasteiger partial charge in [-0.3, -0.25) is 0 Å². The number of rotatable bonds is 2. The lowest BCUT2D eigenvalue weighted by Crippen LogP contribution is -2.11. The predicted molar refractivity (Wildman–Crippen MR) is 68.6 cm³/mol. The molecule has 0 amide bonds. The molecule has 0 spiro atoms. The first-order valence-corrected chi connectivity index (χ1v) is 5.93. The Hall–Kier alpha value is -1.13. The zero-order valence-corrected chi connectivity index (χ0v) is 10.9. The van der Waals surface area contributed by atoms with E-state index < -0.39 is 0 Å². The van der Waals surface area contributed by atoms with Crippen LogP contribution in [0.5, 0.6) is 0 Å². The molecule has 1 heterocycles. The molecule has 4 heteroatoms. The Morgan fingerprint density at radius 3 is 2.88 bits per heavy atom. The summed E-state index contributed by atoms with van der Waals surface area (Å²) in [5, 5.41) is 0. The monoisotopic (exact) mass is 279 g/mol. The summed E-state index contributed by atoms with van der Waals surface area (Å²) in [5.74, 6) is 0. The number of halogens is 1. The van der Waals surface area contributed by atoms with Crippen molar-refractivity contribution < 1.29 is 0 Å². The molecule has 84 valence electrons. The van der Waals surface area contributed by atoms with Crippen LogP contribution >= 0.6 is 15.9 Å². The topological polar surface area (TPSA) is 43.8 Å². The number of aryl methyl sites for hydroxylation is 1. The van der Waals surface area contributed by atoms with Crippen molar-refractivity contribution in [1.29, 1.82) is 0 Å². The lowest BCUT2D eigenvalue weighted by atomic mass is 10.2. The first kappa shape index (κ1) is 11.4. The Morgan fingerprint density at radius 2 is 2.19 bits per heavy atom. The van der Waals surface area contributed by atoms with Crippen LogP contribution in [0.3, 0.4) is 0 Å². The largest absolute Gasteiger partial charge is 0.323 e. The molecule has 0 saturated heterocycles. The number of benzene rings is 1. The number of aromatic nitrogens is 2. The third kappa shape index (κ3) is 2.03.